The van der Waals surface area contributed by atoms with Gasteiger partial charge >= 0.3 is 0 Å². The van der Waals surface area contributed by atoms with Gasteiger partial charge < -0.3 is 9.64 Å². The van der Waals surface area contributed by atoms with Gasteiger partial charge in [-0.05, 0) is 61.9 Å². The molecule has 2 aromatic heterocycles. The number of ketones is 1. The molecule has 2 fully saturated rings. The summed E-state index contributed by atoms with van der Waals surface area (Å²) in [6.45, 7) is 3.82. The van der Waals surface area contributed by atoms with Crippen LogP contribution in [0.25, 0.3) is 21.2 Å². The van der Waals surface area contributed by atoms with Gasteiger partial charge in [0.05, 0.1) is 10.4 Å². The van der Waals surface area contributed by atoms with Crippen molar-refractivity contribution in [2.45, 2.75) is 38.1 Å². The standard InChI is InChI=1S/C24H27N3O2S/c28-23(17-3-7-27(8-4-17)22-5-9-29-10-6-22)13-21-12-20-11-18(24-15-25-16-30-24)1-2-19(20)14-26-21/h1-2,11-12,14-17,22H,3-10,13H2. The predicted octanol–water partition coefficient (Wildman–Crippen LogP) is 4.36. The monoisotopic (exact) mass is 421 g/mol. The van der Waals surface area contributed by atoms with Gasteiger partial charge in [-0.3, -0.25) is 14.8 Å². The lowest BCUT2D eigenvalue weighted by molar-refractivity contribution is -0.124. The van der Waals surface area contributed by atoms with Gasteiger partial charge in [0.15, 0.2) is 0 Å². The van der Waals surface area contributed by atoms with Gasteiger partial charge in [-0.1, -0.05) is 12.1 Å². The number of fused-ring (bicyclic) bond motifs is 1. The number of rotatable bonds is 5. The first-order chi connectivity index (χ1) is 14.8. The average molecular weight is 422 g/mol. The fourth-order valence-electron chi connectivity index (χ4n) is 4.75. The highest BCUT2D eigenvalue weighted by Gasteiger charge is 2.29. The third-order valence-corrected chi connectivity index (χ3v) is 7.36. The molecule has 5 nitrogen and oxygen atoms in total. The Hall–Kier alpha value is -2.15. The van der Waals surface area contributed by atoms with Crippen LogP contribution < -0.4 is 0 Å². The van der Waals surface area contributed by atoms with Crippen LogP contribution in [0, 0.1) is 5.92 Å². The van der Waals surface area contributed by atoms with Crippen LogP contribution in [-0.2, 0) is 16.0 Å². The molecule has 0 aliphatic carbocycles. The van der Waals surface area contributed by atoms with Crippen molar-refractivity contribution in [3.8, 4) is 10.4 Å². The van der Waals surface area contributed by atoms with Crippen molar-refractivity contribution in [2.24, 2.45) is 5.92 Å². The van der Waals surface area contributed by atoms with Crippen molar-refractivity contribution in [3.63, 3.8) is 0 Å². The number of carbonyl (C=O) groups is 1. The predicted molar refractivity (Wildman–Crippen MR) is 120 cm³/mol. The van der Waals surface area contributed by atoms with E-state index in [0.29, 0.717) is 18.2 Å². The van der Waals surface area contributed by atoms with Gasteiger partial charge in [-0.2, -0.15) is 0 Å². The first-order valence-electron chi connectivity index (χ1n) is 10.9. The summed E-state index contributed by atoms with van der Waals surface area (Å²) in [6, 6.07) is 9.09. The molecule has 0 bridgehead atoms. The Kier molecular flexibility index (Phi) is 5.88. The minimum Gasteiger partial charge on any atom is -0.381 e. The molecule has 0 radical (unpaired) electrons. The zero-order chi connectivity index (χ0) is 20.3. The van der Waals surface area contributed by atoms with Gasteiger partial charge in [0.2, 0.25) is 0 Å². The molecule has 2 aliphatic heterocycles. The van der Waals surface area contributed by atoms with Crippen LogP contribution in [0.1, 0.15) is 31.4 Å². The van der Waals surface area contributed by atoms with Crippen LogP contribution in [0.4, 0.5) is 0 Å². The van der Waals surface area contributed by atoms with Crippen molar-refractivity contribution < 1.29 is 9.53 Å². The molecule has 5 rings (SSSR count). The molecule has 30 heavy (non-hydrogen) atoms. The fourth-order valence-corrected chi connectivity index (χ4v) is 5.37. The van der Waals surface area contributed by atoms with E-state index in [1.165, 1.54) is 0 Å². The Labute approximate surface area is 181 Å². The maximum atomic E-state index is 13.0. The molecule has 0 N–H and O–H groups in total. The Morgan fingerprint density at radius 1 is 1.07 bits per heavy atom. The van der Waals surface area contributed by atoms with Crippen LogP contribution in [0.15, 0.2) is 42.2 Å². The quantitative estimate of drug-likeness (QED) is 0.613. The second-order valence-corrected chi connectivity index (χ2v) is 9.29. The fraction of sp³-hybridized carbons (Fsp3) is 0.458. The van der Waals surface area contributed by atoms with Gasteiger partial charge in [0.1, 0.15) is 5.78 Å². The molecule has 0 amide bonds. The third-order valence-electron chi connectivity index (χ3n) is 6.54. The number of thiazole rings is 1. The second-order valence-electron chi connectivity index (χ2n) is 8.40. The summed E-state index contributed by atoms with van der Waals surface area (Å²) >= 11 is 1.64. The minimum absolute atomic E-state index is 0.169. The second kappa shape index (κ2) is 8.92. The Morgan fingerprint density at radius 3 is 2.67 bits per heavy atom. The van der Waals surface area contributed by atoms with E-state index in [2.05, 4.69) is 39.1 Å². The molecule has 3 aromatic rings. The first-order valence-corrected chi connectivity index (χ1v) is 11.8. The van der Waals surface area contributed by atoms with Crippen molar-refractivity contribution in [2.75, 3.05) is 26.3 Å². The number of nitrogens with zero attached hydrogens (tertiary/aromatic N) is 3. The number of benzene rings is 1. The number of aromatic nitrogens is 2. The summed E-state index contributed by atoms with van der Waals surface area (Å²) in [5.74, 6) is 0.509. The topological polar surface area (TPSA) is 55.3 Å². The lowest BCUT2D eigenvalue weighted by Gasteiger charge is -2.38. The molecule has 0 atom stereocenters. The summed E-state index contributed by atoms with van der Waals surface area (Å²) in [6.07, 6.45) is 8.42. The summed E-state index contributed by atoms with van der Waals surface area (Å²) < 4.78 is 5.48. The van der Waals surface area contributed by atoms with Gasteiger partial charge in [0, 0.05) is 55.1 Å². The van der Waals surface area contributed by atoms with Crippen LogP contribution in [0.3, 0.4) is 0 Å². The molecule has 4 heterocycles. The molecule has 0 spiro atoms. The van der Waals surface area contributed by atoms with Crippen LogP contribution in [0.2, 0.25) is 0 Å². The molecule has 2 aliphatic rings. The molecule has 1 aromatic carbocycles. The zero-order valence-electron chi connectivity index (χ0n) is 17.1. The zero-order valence-corrected chi connectivity index (χ0v) is 17.9. The molecule has 0 unspecified atom stereocenters. The van der Waals surface area contributed by atoms with Crippen molar-refractivity contribution >= 4 is 27.9 Å². The number of likely N-dealkylation sites (tertiary alicyclic amines) is 1. The number of pyridine rings is 1. The van der Waals surface area contributed by atoms with E-state index >= 15 is 0 Å². The van der Waals surface area contributed by atoms with E-state index in [1.807, 2.05) is 17.9 Å². The Balaban J connectivity index is 1.23. The van der Waals surface area contributed by atoms with Gasteiger partial charge in [-0.25, -0.2) is 0 Å². The third kappa shape index (κ3) is 4.31. The smallest absolute Gasteiger partial charge is 0.142 e. The lowest BCUT2D eigenvalue weighted by Crippen LogP contribution is -2.45. The number of hydrogen-bond donors (Lipinski definition) is 0. The highest BCUT2D eigenvalue weighted by atomic mass is 32.1. The van der Waals surface area contributed by atoms with E-state index < -0.39 is 0 Å². The van der Waals surface area contributed by atoms with Crippen molar-refractivity contribution in [3.05, 3.63) is 47.9 Å². The SMILES string of the molecule is O=C(Cc1cc2cc(-c3cncs3)ccc2cn1)C1CCN(C2CCOCC2)CC1. The highest BCUT2D eigenvalue weighted by Crippen LogP contribution is 2.28. The van der Waals surface area contributed by atoms with E-state index in [-0.39, 0.29) is 5.92 Å². The summed E-state index contributed by atoms with van der Waals surface area (Å²) in [5, 5.41) is 2.23. The molecule has 6 heteroatoms. The summed E-state index contributed by atoms with van der Waals surface area (Å²) in [4.78, 5) is 25.4. The summed E-state index contributed by atoms with van der Waals surface area (Å²) in [5.41, 5.74) is 3.89. The molecule has 0 saturated carbocycles. The maximum absolute atomic E-state index is 13.0. The van der Waals surface area contributed by atoms with E-state index in [4.69, 9.17) is 4.74 Å². The van der Waals surface area contributed by atoms with E-state index in [0.717, 1.165) is 78.9 Å². The van der Waals surface area contributed by atoms with Crippen LogP contribution >= 0.6 is 11.3 Å². The normalized spacial score (nSPS) is 19.3. The first kappa shape index (κ1) is 19.8. The van der Waals surface area contributed by atoms with E-state index in [9.17, 15) is 4.79 Å². The number of ether oxygens (including phenoxy) is 1. The van der Waals surface area contributed by atoms with Crippen molar-refractivity contribution in [1.82, 2.24) is 14.9 Å². The van der Waals surface area contributed by atoms with Gasteiger partial charge in [0.25, 0.3) is 0 Å². The Bertz CT molecular complexity index is 1010. The van der Waals surface area contributed by atoms with E-state index in [1.54, 1.807) is 11.3 Å². The van der Waals surface area contributed by atoms with Crippen molar-refractivity contribution in [1.29, 1.82) is 0 Å². The average Bonchev–Trinajstić information content (AvgIpc) is 3.34. The number of Topliss-reactive ketones (excluding diaryl/α,β-unsaturated/α-hetero) is 1. The molecular weight excluding hydrogens is 394 g/mol. The van der Waals surface area contributed by atoms with Gasteiger partial charge in [-0.15, -0.1) is 11.3 Å². The summed E-state index contributed by atoms with van der Waals surface area (Å²) in [7, 11) is 0. The lowest BCUT2D eigenvalue weighted by atomic mass is 9.88. The highest BCUT2D eigenvalue weighted by molar-refractivity contribution is 7.13. The molecule has 2 saturated heterocycles. The minimum atomic E-state index is 0.169. The number of piperidine rings is 1. The number of hydrogen-bond acceptors (Lipinski definition) is 6. The largest absolute Gasteiger partial charge is 0.381 e. The maximum Gasteiger partial charge on any atom is 0.142 e. The van der Waals surface area contributed by atoms with Crippen LogP contribution in [0.5, 0.6) is 0 Å². The molecular formula is C24H27N3O2S. The van der Waals surface area contributed by atoms with Crippen LogP contribution in [-0.4, -0.2) is 53.0 Å². The number of carbonyl (C=O) groups excluding carboxylic acids is 1. The Morgan fingerprint density at radius 2 is 1.90 bits per heavy atom. The molecule has 156 valence electrons.